The molecule has 0 bridgehead atoms. The Labute approximate surface area is 437 Å². The number of fused-ring (bicyclic) bond motifs is 13. The predicted molar refractivity (Wildman–Crippen MR) is 313 cm³/mol. The number of aryl methyl sites for hydroxylation is 1. The highest BCUT2D eigenvalue weighted by atomic mass is 16.3. The van der Waals surface area contributed by atoms with Crippen LogP contribution in [0.15, 0.2) is 221 Å². The normalized spacial score (nSPS) is 18.4. The molecule has 0 amide bonds. The highest BCUT2D eigenvalue weighted by molar-refractivity contribution is 7.00. The molecule has 2 atom stereocenters. The first kappa shape index (κ1) is 42.7. The van der Waals surface area contributed by atoms with E-state index in [9.17, 15) is 0 Å². The molecule has 75 heavy (non-hydrogen) atoms. The molecule has 12 aromatic rings. The smallest absolute Gasteiger partial charge is 0.252 e. The Morgan fingerprint density at radius 3 is 1.79 bits per heavy atom. The monoisotopic (exact) mass is 965 g/mol. The van der Waals surface area contributed by atoms with Crippen molar-refractivity contribution in [3.63, 3.8) is 0 Å². The first-order valence-electron chi connectivity index (χ1n) is 26.7. The highest BCUT2D eigenvalue weighted by Gasteiger charge is 2.58. The molecule has 6 heteroatoms. The third-order valence-electron chi connectivity index (χ3n) is 18.0. The fourth-order valence-electron chi connectivity index (χ4n) is 14.3. The summed E-state index contributed by atoms with van der Waals surface area (Å²) in [5.74, 6) is 0. The summed E-state index contributed by atoms with van der Waals surface area (Å²) < 4.78 is 13.5. The highest BCUT2D eigenvalue weighted by Crippen LogP contribution is 2.62. The SMILES string of the molecule is Cc1cc2c3c(c1)N(c1cccc4c1oc1ccccc14)c1cc(N4c5ccc(-c6ccccc6)cc5C5(C)CCCCC45C)ccc1B3c1ccc(-c3ccccc3)cc1N2c1ccc2oc3ccccc3c2c1. The van der Waals surface area contributed by atoms with Gasteiger partial charge >= 0.3 is 0 Å². The molecule has 2 aromatic heterocycles. The molecule has 4 aliphatic rings. The van der Waals surface area contributed by atoms with Gasteiger partial charge in [-0.1, -0.05) is 153 Å². The van der Waals surface area contributed by atoms with Crippen molar-refractivity contribution in [3.05, 3.63) is 223 Å². The van der Waals surface area contributed by atoms with Gasteiger partial charge in [-0.05, 0) is 155 Å². The molecule has 0 saturated heterocycles. The number of anilines is 8. The van der Waals surface area contributed by atoms with Crippen LogP contribution in [0.1, 0.15) is 50.7 Å². The molecule has 5 heterocycles. The number of hydrogen-bond donors (Lipinski definition) is 0. The van der Waals surface area contributed by atoms with E-state index in [0.717, 1.165) is 73.8 Å². The van der Waals surface area contributed by atoms with Crippen molar-refractivity contribution in [1.29, 1.82) is 0 Å². The third-order valence-corrected chi connectivity index (χ3v) is 18.0. The Morgan fingerprint density at radius 1 is 0.413 bits per heavy atom. The van der Waals surface area contributed by atoms with Crippen molar-refractivity contribution in [3.8, 4) is 22.3 Å². The molecule has 0 radical (unpaired) electrons. The molecule has 0 spiro atoms. The number of benzene rings is 10. The number of rotatable bonds is 5. The topological polar surface area (TPSA) is 36.0 Å². The molecular formula is C69H52BN3O2. The Balaban J connectivity index is 0.971. The molecule has 1 fully saturated rings. The van der Waals surface area contributed by atoms with Crippen LogP contribution in [0.4, 0.5) is 45.5 Å². The van der Waals surface area contributed by atoms with Gasteiger partial charge in [0.15, 0.2) is 5.58 Å². The van der Waals surface area contributed by atoms with E-state index < -0.39 is 0 Å². The van der Waals surface area contributed by atoms with E-state index >= 15 is 0 Å². The summed E-state index contributed by atoms with van der Waals surface area (Å²) in [6.45, 7) is 7.28. The van der Waals surface area contributed by atoms with Crippen molar-refractivity contribution in [2.75, 3.05) is 14.7 Å². The van der Waals surface area contributed by atoms with E-state index in [4.69, 9.17) is 8.83 Å². The van der Waals surface area contributed by atoms with Gasteiger partial charge in [0, 0.05) is 66.8 Å². The zero-order valence-corrected chi connectivity index (χ0v) is 42.3. The summed E-state index contributed by atoms with van der Waals surface area (Å²) in [5, 5.41) is 4.45. The van der Waals surface area contributed by atoms with Crippen molar-refractivity contribution in [1.82, 2.24) is 0 Å². The molecule has 0 N–H and O–H groups in total. The maximum absolute atomic E-state index is 7.02. The minimum atomic E-state index is -0.149. The van der Waals surface area contributed by atoms with Gasteiger partial charge < -0.3 is 23.5 Å². The molecule has 2 unspecified atom stereocenters. The second-order valence-electron chi connectivity index (χ2n) is 22.0. The summed E-state index contributed by atoms with van der Waals surface area (Å²) in [6, 6.07) is 78.8. The molecule has 16 rings (SSSR count). The van der Waals surface area contributed by atoms with Crippen LogP contribution < -0.4 is 31.1 Å². The summed E-state index contributed by atoms with van der Waals surface area (Å²) in [7, 11) is 0. The van der Waals surface area contributed by atoms with Crippen molar-refractivity contribution in [2.45, 2.75) is 57.4 Å². The Bertz CT molecular complexity index is 4350. The maximum Gasteiger partial charge on any atom is 0.252 e. The van der Waals surface area contributed by atoms with Crippen LogP contribution >= 0.6 is 0 Å². The van der Waals surface area contributed by atoms with Crippen LogP contribution in [0.5, 0.6) is 0 Å². The quantitative estimate of drug-likeness (QED) is 0.161. The Hall–Kier alpha value is -8.74. The number of hydrogen-bond acceptors (Lipinski definition) is 5. The number of furan rings is 2. The van der Waals surface area contributed by atoms with Crippen LogP contribution in [0.3, 0.4) is 0 Å². The van der Waals surface area contributed by atoms with E-state index in [-0.39, 0.29) is 17.7 Å². The number of nitrogens with zero attached hydrogens (tertiary/aromatic N) is 3. The minimum Gasteiger partial charge on any atom is -0.456 e. The second kappa shape index (κ2) is 15.6. The van der Waals surface area contributed by atoms with Gasteiger partial charge in [0.25, 0.3) is 6.71 Å². The number of para-hydroxylation sites is 3. The van der Waals surface area contributed by atoms with Gasteiger partial charge in [-0.2, -0.15) is 0 Å². The minimum absolute atomic E-state index is 0.0482. The van der Waals surface area contributed by atoms with Gasteiger partial charge in [0.05, 0.1) is 11.2 Å². The Morgan fingerprint density at radius 2 is 1.01 bits per heavy atom. The third kappa shape index (κ3) is 5.97. The molecule has 3 aliphatic heterocycles. The van der Waals surface area contributed by atoms with Crippen LogP contribution in [-0.4, -0.2) is 12.3 Å². The van der Waals surface area contributed by atoms with Gasteiger partial charge in [0.1, 0.15) is 16.7 Å². The molecule has 358 valence electrons. The molecule has 1 aliphatic carbocycles. The van der Waals surface area contributed by atoms with Crippen molar-refractivity contribution < 1.29 is 8.83 Å². The van der Waals surface area contributed by atoms with Gasteiger partial charge in [-0.3, -0.25) is 0 Å². The fourth-order valence-corrected chi connectivity index (χ4v) is 14.3. The molecule has 10 aromatic carbocycles. The first-order chi connectivity index (χ1) is 36.8. The van der Waals surface area contributed by atoms with Crippen LogP contribution in [-0.2, 0) is 5.41 Å². The van der Waals surface area contributed by atoms with E-state index in [0.29, 0.717) is 0 Å². The van der Waals surface area contributed by atoms with Crippen LogP contribution in [0.2, 0.25) is 0 Å². The summed E-state index contributed by atoms with van der Waals surface area (Å²) in [6.07, 6.45) is 4.69. The summed E-state index contributed by atoms with van der Waals surface area (Å²) in [4.78, 5) is 7.82. The maximum atomic E-state index is 7.02. The lowest BCUT2D eigenvalue weighted by atomic mass is 9.33. The molecular weight excluding hydrogens is 914 g/mol. The summed E-state index contributed by atoms with van der Waals surface area (Å²) in [5.41, 5.74) is 24.0. The lowest BCUT2D eigenvalue weighted by molar-refractivity contribution is 0.195. The van der Waals surface area contributed by atoms with Gasteiger partial charge in [-0.25, -0.2) is 0 Å². The summed E-state index contributed by atoms with van der Waals surface area (Å²) >= 11 is 0. The van der Waals surface area contributed by atoms with Gasteiger partial charge in [0.2, 0.25) is 0 Å². The second-order valence-corrected chi connectivity index (χ2v) is 22.0. The lowest BCUT2D eigenvalue weighted by Crippen LogP contribution is -2.61. The van der Waals surface area contributed by atoms with Crippen LogP contribution in [0, 0.1) is 6.92 Å². The van der Waals surface area contributed by atoms with E-state index in [1.807, 2.05) is 6.07 Å². The average Bonchev–Trinajstić information content (AvgIpc) is 4.22. The van der Waals surface area contributed by atoms with Crippen molar-refractivity contribution >= 4 is 112 Å². The van der Waals surface area contributed by atoms with Gasteiger partial charge in [-0.15, -0.1) is 0 Å². The van der Waals surface area contributed by atoms with E-state index in [1.54, 1.807) is 0 Å². The zero-order valence-electron chi connectivity index (χ0n) is 42.3. The Kier molecular flexibility index (Phi) is 8.91. The molecule has 1 saturated carbocycles. The fraction of sp³-hybridized carbons (Fsp3) is 0.130. The van der Waals surface area contributed by atoms with Crippen molar-refractivity contribution in [2.24, 2.45) is 0 Å². The van der Waals surface area contributed by atoms with Crippen LogP contribution in [0.25, 0.3) is 66.1 Å². The predicted octanol–water partition coefficient (Wildman–Crippen LogP) is 17.0. The lowest BCUT2D eigenvalue weighted by Gasteiger charge is -2.50. The standard InChI is InChI=1S/C69H52BN3O2/c1-43-37-61-66-62(38-43)72(58-24-16-23-52-50-21-10-13-26-64(50)75-67(52)58)60-42-49(73-57-33-28-46(44-17-6-4-7-18-44)39-54(57)68(2)35-14-15-36-69(68,73)3)29-32-56(60)70(66)55-31-27-47(45-19-8-5-9-20-45)40-59(55)71(61)48-30-34-65-53(41-48)51-22-11-12-25-63(51)74-65/h4-13,16-34,37-42H,14-15,35-36H2,1-3H3. The van der Waals surface area contributed by atoms with E-state index in [1.165, 1.54) is 91.0 Å². The first-order valence-corrected chi connectivity index (χ1v) is 26.7. The average molecular weight is 966 g/mol. The molecule has 5 nitrogen and oxygen atoms in total. The largest absolute Gasteiger partial charge is 0.456 e. The zero-order chi connectivity index (χ0) is 49.7. The van der Waals surface area contributed by atoms with E-state index in [2.05, 4.69) is 242 Å².